The van der Waals surface area contributed by atoms with Gasteiger partial charge in [-0.3, -0.25) is 9.59 Å². The van der Waals surface area contributed by atoms with E-state index in [1.54, 1.807) is 25.3 Å². The van der Waals surface area contributed by atoms with Gasteiger partial charge in [0.2, 0.25) is 5.91 Å². The highest BCUT2D eigenvalue weighted by atomic mass is 16.2. The number of amides is 1. The van der Waals surface area contributed by atoms with Gasteiger partial charge in [0.05, 0.1) is 11.6 Å². The van der Waals surface area contributed by atoms with Crippen LogP contribution < -0.4 is 10.9 Å². The van der Waals surface area contributed by atoms with Gasteiger partial charge in [0.25, 0.3) is 5.56 Å². The highest BCUT2D eigenvalue weighted by Crippen LogP contribution is 2.16. The van der Waals surface area contributed by atoms with E-state index in [-0.39, 0.29) is 11.5 Å². The van der Waals surface area contributed by atoms with Gasteiger partial charge in [0.15, 0.2) is 0 Å². The average molecular weight is 307 g/mol. The standard InChI is InChI=1S/C18H17N3O2/c1-12-7-3-6-10-16(12)20-17(22)13(2)21-18(23)15-9-5-4-8-14(15)11-19-21/h3-11,13H,1-2H3,(H,20,22). The predicted octanol–water partition coefficient (Wildman–Crippen LogP) is 2.90. The molecule has 0 aliphatic heterocycles. The molecule has 1 unspecified atom stereocenters. The van der Waals surface area contributed by atoms with E-state index in [2.05, 4.69) is 10.4 Å². The minimum Gasteiger partial charge on any atom is -0.324 e. The molecule has 1 aromatic heterocycles. The molecule has 5 nitrogen and oxygen atoms in total. The van der Waals surface area contributed by atoms with Gasteiger partial charge in [-0.25, -0.2) is 4.68 Å². The van der Waals surface area contributed by atoms with Crippen molar-refractivity contribution in [2.24, 2.45) is 0 Å². The molecule has 1 atom stereocenters. The summed E-state index contributed by atoms with van der Waals surface area (Å²) in [5.74, 6) is -0.274. The molecule has 3 rings (SSSR count). The summed E-state index contributed by atoms with van der Waals surface area (Å²) in [6.45, 7) is 3.58. The zero-order chi connectivity index (χ0) is 16.4. The van der Waals surface area contributed by atoms with Crippen LogP contribution in [0.2, 0.25) is 0 Å². The highest BCUT2D eigenvalue weighted by Gasteiger charge is 2.18. The smallest absolute Gasteiger partial charge is 0.275 e. The van der Waals surface area contributed by atoms with Gasteiger partial charge >= 0.3 is 0 Å². The summed E-state index contributed by atoms with van der Waals surface area (Å²) in [5.41, 5.74) is 1.43. The number of carbonyl (C=O) groups excluding carboxylic acids is 1. The van der Waals surface area contributed by atoms with E-state index in [1.165, 1.54) is 4.68 Å². The van der Waals surface area contributed by atoms with Crippen LogP contribution in [-0.4, -0.2) is 15.7 Å². The Morgan fingerprint density at radius 2 is 1.83 bits per heavy atom. The number of hydrogen-bond donors (Lipinski definition) is 1. The van der Waals surface area contributed by atoms with E-state index in [1.807, 2.05) is 43.3 Å². The Bertz CT molecular complexity index is 931. The van der Waals surface area contributed by atoms with Gasteiger partial charge in [0, 0.05) is 11.1 Å². The molecule has 2 aromatic carbocycles. The summed E-state index contributed by atoms with van der Waals surface area (Å²) in [6, 6.07) is 14.0. The Morgan fingerprint density at radius 3 is 2.61 bits per heavy atom. The van der Waals surface area contributed by atoms with Crippen LogP contribution in [-0.2, 0) is 4.79 Å². The summed E-state index contributed by atoms with van der Waals surface area (Å²) in [5, 5.41) is 8.30. The SMILES string of the molecule is Cc1ccccc1NC(=O)C(C)n1ncc2ccccc2c1=O. The van der Waals surface area contributed by atoms with Gasteiger partial charge < -0.3 is 5.32 Å². The van der Waals surface area contributed by atoms with Gasteiger partial charge in [-0.05, 0) is 31.5 Å². The number of fused-ring (bicyclic) bond motifs is 1. The number of rotatable bonds is 3. The maximum absolute atomic E-state index is 12.5. The first-order valence-corrected chi connectivity index (χ1v) is 7.41. The maximum atomic E-state index is 12.5. The summed E-state index contributed by atoms with van der Waals surface area (Å²) < 4.78 is 1.22. The monoisotopic (exact) mass is 307 g/mol. The van der Waals surface area contributed by atoms with Gasteiger partial charge in [-0.15, -0.1) is 0 Å². The topological polar surface area (TPSA) is 64.0 Å². The van der Waals surface area contributed by atoms with E-state index < -0.39 is 6.04 Å². The fourth-order valence-corrected chi connectivity index (χ4v) is 2.44. The van der Waals surface area contributed by atoms with Gasteiger partial charge in [-0.1, -0.05) is 36.4 Å². The molecule has 0 bridgehead atoms. The number of aryl methyl sites for hydroxylation is 1. The van der Waals surface area contributed by atoms with E-state index in [0.717, 1.165) is 16.6 Å². The minimum absolute atomic E-state index is 0.268. The van der Waals surface area contributed by atoms with Crippen molar-refractivity contribution < 1.29 is 4.79 Å². The first-order chi connectivity index (χ1) is 11.1. The lowest BCUT2D eigenvalue weighted by Crippen LogP contribution is -2.33. The van der Waals surface area contributed by atoms with E-state index >= 15 is 0 Å². The lowest BCUT2D eigenvalue weighted by Gasteiger charge is -2.15. The molecule has 0 radical (unpaired) electrons. The minimum atomic E-state index is -0.702. The van der Waals surface area contributed by atoms with Crippen molar-refractivity contribution in [2.45, 2.75) is 19.9 Å². The Labute approximate surface area is 133 Å². The summed E-state index contributed by atoms with van der Waals surface area (Å²) >= 11 is 0. The molecule has 0 saturated carbocycles. The summed E-state index contributed by atoms with van der Waals surface area (Å²) in [4.78, 5) is 25.0. The number of nitrogens with one attached hydrogen (secondary N) is 1. The van der Waals surface area contributed by atoms with E-state index in [4.69, 9.17) is 0 Å². The van der Waals surface area contributed by atoms with Crippen molar-refractivity contribution in [1.29, 1.82) is 0 Å². The Hall–Kier alpha value is -2.95. The second kappa shape index (κ2) is 6.04. The molecule has 1 amide bonds. The van der Waals surface area contributed by atoms with Crippen LogP contribution >= 0.6 is 0 Å². The lowest BCUT2D eigenvalue weighted by molar-refractivity contribution is -0.119. The number of carbonyl (C=O) groups is 1. The molecule has 5 heteroatoms. The lowest BCUT2D eigenvalue weighted by atomic mass is 10.2. The maximum Gasteiger partial charge on any atom is 0.275 e. The average Bonchev–Trinajstić information content (AvgIpc) is 2.57. The quantitative estimate of drug-likeness (QED) is 0.809. The van der Waals surface area contributed by atoms with Crippen LogP contribution in [0.1, 0.15) is 18.5 Å². The number of hydrogen-bond acceptors (Lipinski definition) is 3. The molecular formula is C18H17N3O2. The van der Waals surface area contributed by atoms with E-state index in [9.17, 15) is 9.59 Å². The molecular weight excluding hydrogens is 290 g/mol. The first-order valence-electron chi connectivity index (χ1n) is 7.41. The van der Waals surface area contributed by atoms with Gasteiger partial charge in [-0.2, -0.15) is 5.10 Å². The van der Waals surface area contributed by atoms with E-state index in [0.29, 0.717) is 5.39 Å². The van der Waals surface area contributed by atoms with Crippen molar-refractivity contribution in [3.05, 3.63) is 70.6 Å². The molecule has 3 aromatic rings. The van der Waals surface area contributed by atoms with Crippen LogP contribution in [0.25, 0.3) is 10.8 Å². The molecule has 0 fully saturated rings. The summed E-state index contributed by atoms with van der Waals surface area (Å²) in [7, 11) is 0. The third-order valence-electron chi connectivity index (χ3n) is 3.87. The molecule has 0 aliphatic carbocycles. The zero-order valence-corrected chi connectivity index (χ0v) is 13.0. The van der Waals surface area contributed by atoms with Crippen LogP contribution in [0, 0.1) is 6.92 Å². The van der Waals surface area contributed by atoms with Crippen LogP contribution in [0.15, 0.2) is 59.5 Å². The van der Waals surface area contributed by atoms with Gasteiger partial charge in [0.1, 0.15) is 6.04 Å². The Morgan fingerprint density at radius 1 is 1.13 bits per heavy atom. The third-order valence-corrected chi connectivity index (χ3v) is 3.87. The summed E-state index contributed by atoms with van der Waals surface area (Å²) in [6.07, 6.45) is 1.61. The van der Waals surface area contributed by atoms with Crippen molar-refractivity contribution in [2.75, 3.05) is 5.32 Å². The number of nitrogens with zero attached hydrogens (tertiary/aromatic N) is 2. The van der Waals surface area contributed by atoms with Crippen molar-refractivity contribution in [3.63, 3.8) is 0 Å². The van der Waals surface area contributed by atoms with Crippen LogP contribution in [0.4, 0.5) is 5.69 Å². The second-order valence-corrected chi connectivity index (χ2v) is 5.46. The normalized spacial score (nSPS) is 12.1. The fourth-order valence-electron chi connectivity index (χ4n) is 2.44. The molecule has 1 heterocycles. The first kappa shape index (κ1) is 15.0. The van der Waals surface area contributed by atoms with Crippen molar-refractivity contribution >= 4 is 22.4 Å². The Kier molecular flexibility index (Phi) is 3.93. The molecule has 0 spiro atoms. The molecule has 23 heavy (non-hydrogen) atoms. The molecule has 0 saturated heterocycles. The number of benzene rings is 2. The van der Waals surface area contributed by atoms with Crippen LogP contribution in [0.5, 0.6) is 0 Å². The third kappa shape index (κ3) is 2.85. The second-order valence-electron chi connectivity index (χ2n) is 5.46. The molecule has 1 N–H and O–H groups in total. The zero-order valence-electron chi connectivity index (χ0n) is 13.0. The predicted molar refractivity (Wildman–Crippen MR) is 90.5 cm³/mol. The number of aromatic nitrogens is 2. The van der Waals surface area contributed by atoms with Crippen molar-refractivity contribution in [1.82, 2.24) is 9.78 Å². The highest BCUT2D eigenvalue weighted by molar-refractivity contribution is 5.94. The molecule has 116 valence electrons. The van der Waals surface area contributed by atoms with Crippen molar-refractivity contribution in [3.8, 4) is 0 Å². The molecule has 0 aliphatic rings. The number of para-hydroxylation sites is 1. The Balaban J connectivity index is 1.92. The number of anilines is 1. The fraction of sp³-hybridized carbons (Fsp3) is 0.167. The largest absolute Gasteiger partial charge is 0.324 e. The van der Waals surface area contributed by atoms with Crippen LogP contribution in [0.3, 0.4) is 0 Å².